The topological polar surface area (TPSA) is 21.3 Å². The maximum absolute atomic E-state index is 5.98. The van der Waals surface area contributed by atoms with Gasteiger partial charge in [0, 0.05) is 12.6 Å². The van der Waals surface area contributed by atoms with Crippen molar-refractivity contribution in [1.82, 2.24) is 5.32 Å². The smallest absolute Gasteiger partial charge is 0.0720 e. The lowest BCUT2D eigenvalue weighted by molar-refractivity contribution is 0.0458. The normalized spacial score (nSPS) is 16.1. The van der Waals surface area contributed by atoms with Crippen LogP contribution in [0.2, 0.25) is 0 Å². The first-order valence-electron chi connectivity index (χ1n) is 8.70. The first-order valence-corrected chi connectivity index (χ1v) is 8.70. The molecule has 1 saturated carbocycles. The van der Waals surface area contributed by atoms with Crippen molar-refractivity contribution >= 4 is 0 Å². The Morgan fingerprint density at radius 2 is 2.00 bits per heavy atom. The standard InChI is InChI=1S/C19H31NO/c1-3-4-5-6-8-16(2)21-15-18-10-7-9-17(13-18)14-20-19-11-12-19/h7,9-10,13,16,19-20H,3-6,8,11-12,14-15H2,1-2H3. The fraction of sp³-hybridized carbons (Fsp3) is 0.684. The van der Waals surface area contributed by atoms with E-state index in [4.69, 9.17) is 4.74 Å². The van der Waals surface area contributed by atoms with Gasteiger partial charge in [-0.2, -0.15) is 0 Å². The fourth-order valence-electron chi connectivity index (χ4n) is 2.56. The van der Waals surface area contributed by atoms with E-state index in [0.717, 1.165) is 19.2 Å². The van der Waals surface area contributed by atoms with Gasteiger partial charge in [0.05, 0.1) is 12.7 Å². The molecule has 0 aliphatic heterocycles. The molecule has 1 aromatic rings. The van der Waals surface area contributed by atoms with Crippen molar-refractivity contribution in [2.75, 3.05) is 0 Å². The molecule has 0 heterocycles. The Kier molecular flexibility index (Phi) is 7.25. The maximum Gasteiger partial charge on any atom is 0.0720 e. The predicted molar refractivity (Wildman–Crippen MR) is 89.3 cm³/mol. The van der Waals surface area contributed by atoms with Crippen molar-refractivity contribution in [3.63, 3.8) is 0 Å². The van der Waals surface area contributed by atoms with Gasteiger partial charge in [-0.15, -0.1) is 0 Å². The molecular weight excluding hydrogens is 258 g/mol. The summed E-state index contributed by atoms with van der Waals surface area (Å²) in [6.07, 6.45) is 9.53. The molecule has 118 valence electrons. The van der Waals surface area contributed by atoms with Crippen LogP contribution in [0.1, 0.15) is 69.9 Å². The van der Waals surface area contributed by atoms with Gasteiger partial charge in [0.25, 0.3) is 0 Å². The van der Waals surface area contributed by atoms with Crippen LogP contribution in [0.25, 0.3) is 0 Å². The molecule has 1 aliphatic rings. The minimum Gasteiger partial charge on any atom is -0.374 e. The second-order valence-electron chi connectivity index (χ2n) is 6.45. The third-order valence-corrected chi connectivity index (χ3v) is 4.16. The highest BCUT2D eigenvalue weighted by molar-refractivity contribution is 5.23. The summed E-state index contributed by atoms with van der Waals surface area (Å²) in [7, 11) is 0. The number of hydrogen-bond donors (Lipinski definition) is 1. The summed E-state index contributed by atoms with van der Waals surface area (Å²) < 4.78 is 5.98. The molecule has 21 heavy (non-hydrogen) atoms. The molecule has 0 spiro atoms. The zero-order valence-corrected chi connectivity index (χ0v) is 13.7. The average molecular weight is 289 g/mol. The van der Waals surface area contributed by atoms with E-state index >= 15 is 0 Å². The van der Waals surface area contributed by atoms with Crippen molar-refractivity contribution in [2.24, 2.45) is 0 Å². The van der Waals surface area contributed by atoms with Crippen LogP contribution in [-0.2, 0) is 17.9 Å². The van der Waals surface area contributed by atoms with Crippen LogP contribution in [-0.4, -0.2) is 12.1 Å². The molecule has 0 bridgehead atoms. The summed E-state index contributed by atoms with van der Waals surface area (Å²) in [5, 5.41) is 3.56. The van der Waals surface area contributed by atoms with E-state index in [0.29, 0.717) is 6.10 Å². The summed E-state index contributed by atoms with van der Waals surface area (Å²) in [6, 6.07) is 9.57. The molecule has 1 fully saturated rings. The Morgan fingerprint density at radius 1 is 1.19 bits per heavy atom. The first-order chi connectivity index (χ1) is 10.3. The van der Waals surface area contributed by atoms with Gasteiger partial charge in [-0.1, -0.05) is 56.9 Å². The summed E-state index contributed by atoms with van der Waals surface area (Å²) in [4.78, 5) is 0. The largest absolute Gasteiger partial charge is 0.374 e. The van der Waals surface area contributed by atoms with E-state index in [1.807, 2.05) is 0 Å². The number of benzene rings is 1. The summed E-state index contributed by atoms with van der Waals surface area (Å²) >= 11 is 0. The lowest BCUT2D eigenvalue weighted by Crippen LogP contribution is -2.15. The molecule has 0 aromatic heterocycles. The lowest BCUT2D eigenvalue weighted by atomic mass is 10.1. The van der Waals surface area contributed by atoms with Crippen LogP contribution in [0.3, 0.4) is 0 Å². The van der Waals surface area contributed by atoms with Crippen LogP contribution in [0.15, 0.2) is 24.3 Å². The highest BCUT2D eigenvalue weighted by Crippen LogP contribution is 2.19. The first kappa shape index (κ1) is 16.5. The minimum atomic E-state index is 0.370. The van der Waals surface area contributed by atoms with Gasteiger partial charge in [0.1, 0.15) is 0 Å². The van der Waals surface area contributed by atoms with Gasteiger partial charge in [-0.25, -0.2) is 0 Å². The van der Waals surface area contributed by atoms with Crippen molar-refractivity contribution in [2.45, 2.75) is 84.1 Å². The van der Waals surface area contributed by atoms with E-state index in [9.17, 15) is 0 Å². The fourth-order valence-corrected chi connectivity index (χ4v) is 2.56. The monoisotopic (exact) mass is 289 g/mol. The van der Waals surface area contributed by atoms with E-state index < -0.39 is 0 Å². The molecule has 2 nitrogen and oxygen atoms in total. The molecule has 1 N–H and O–H groups in total. The Labute approximate surface area is 130 Å². The van der Waals surface area contributed by atoms with Gasteiger partial charge < -0.3 is 10.1 Å². The third-order valence-electron chi connectivity index (χ3n) is 4.16. The summed E-state index contributed by atoms with van der Waals surface area (Å²) in [5.41, 5.74) is 2.67. The molecule has 0 radical (unpaired) electrons. The van der Waals surface area contributed by atoms with E-state index in [1.165, 1.54) is 56.1 Å². The van der Waals surface area contributed by atoms with Crippen molar-refractivity contribution in [3.05, 3.63) is 35.4 Å². The molecule has 1 aromatic carbocycles. The second-order valence-corrected chi connectivity index (χ2v) is 6.45. The van der Waals surface area contributed by atoms with Crippen LogP contribution in [0.4, 0.5) is 0 Å². The van der Waals surface area contributed by atoms with Gasteiger partial charge in [-0.3, -0.25) is 0 Å². The SMILES string of the molecule is CCCCCCC(C)OCc1cccc(CNC2CC2)c1. The van der Waals surface area contributed by atoms with Crippen LogP contribution >= 0.6 is 0 Å². The Hall–Kier alpha value is -0.860. The number of rotatable bonds is 11. The van der Waals surface area contributed by atoms with Gasteiger partial charge >= 0.3 is 0 Å². The summed E-state index contributed by atoms with van der Waals surface area (Å²) in [5.74, 6) is 0. The minimum absolute atomic E-state index is 0.370. The number of hydrogen-bond acceptors (Lipinski definition) is 2. The quantitative estimate of drug-likeness (QED) is 0.590. The Bertz CT molecular complexity index is 400. The van der Waals surface area contributed by atoms with Crippen LogP contribution in [0, 0.1) is 0 Å². The third kappa shape index (κ3) is 7.10. The van der Waals surface area contributed by atoms with Crippen molar-refractivity contribution < 1.29 is 4.74 Å². The highest BCUT2D eigenvalue weighted by atomic mass is 16.5. The zero-order valence-electron chi connectivity index (χ0n) is 13.7. The highest BCUT2D eigenvalue weighted by Gasteiger charge is 2.19. The van der Waals surface area contributed by atoms with Gasteiger partial charge in [0.15, 0.2) is 0 Å². The van der Waals surface area contributed by atoms with Crippen LogP contribution in [0.5, 0.6) is 0 Å². The van der Waals surface area contributed by atoms with Crippen molar-refractivity contribution in [3.8, 4) is 0 Å². The molecule has 2 rings (SSSR count). The van der Waals surface area contributed by atoms with E-state index in [1.54, 1.807) is 0 Å². The second kappa shape index (κ2) is 9.22. The van der Waals surface area contributed by atoms with Gasteiger partial charge in [0.2, 0.25) is 0 Å². The zero-order chi connectivity index (χ0) is 14.9. The van der Waals surface area contributed by atoms with Crippen molar-refractivity contribution in [1.29, 1.82) is 0 Å². The molecule has 1 atom stereocenters. The van der Waals surface area contributed by atoms with E-state index in [-0.39, 0.29) is 0 Å². The molecule has 0 saturated heterocycles. The average Bonchev–Trinajstić information content (AvgIpc) is 3.32. The molecular formula is C19H31NO. The van der Waals surface area contributed by atoms with E-state index in [2.05, 4.69) is 43.4 Å². The molecule has 1 unspecified atom stereocenters. The Balaban J connectivity index is 1.65. The maximum atomic E-state index is 5.98. The molecule has 2 heteroatoms. The number of ether oxygens (including phenoxy) is 1. The number of nitrogens with one attached hydrogen (secondary N) is 1. The lowest BCUT2D eigenvalue weighted by Gasteiger charge is -2.13. The number of unbranched alkanes of at least 4 members (excludes halogenated alkanes) is 3. The Morgan fingerprint density at radius 3 is 2.76 bits per heavy atom. The predicted octanol–water partition coefficient (Wildman–Crippen LogP) is 4.81. The molecule has 1 aliphatic carbocycles. The van der Waals surface area contributed by atoms with Gasteiger partial charge in [-0.05, 0) is 37.3 Å². The summed E-state index contributed by atoms with van der Waals surface area (Å²) in [6.45, 7) is 6.19. The molecule has 0 amide bonds. The van der Waals surface area contributed by atoms with Crippen LogP contribution < -0.4 is 5.32 Å².